The summed E-state index contributed by atoms with van der Waals surface area (Å²) in [6, 6.07) is 14.9. The second-order valence-corrected chi connectivity index (χ2v) is 7.25. The van der Waals surface area contributed by atoms with E-state index in [0.717, 1.165) is 11.3 Å². The number of carbonyl (C=O) groups excluding carboxylic acids is 1. The number of amides is 1. The molecule has 9 nitrogen and oxygen atoms in total. The van der Waals surface area contributed by atoms with E-state index in [1.54, 1.807) is 12.1 Å². The zero-order chi connectivity index (χ0) is 21.9. The number of anilines is 1. The molecule has 0 aliphatic carbocycles. The molecule has 0 saturated heterocycles. The molecule has 0 saturated carbocycles. The lowest BCUT2D eigenvalue weighted by Gasteiger charge is -2.13. The van der Waals surface area contributed by atoms with E-state index >= 15 is 0 Å². The summed E-state index contributed by atoms with van der Waals surface area (Å²) in [5.74, 6) is 1.67. The van der Waals surface area contributed by atoms with Crippen LogP contribution in [0.15, 0.2) is 53.6 Å². The maximum Gasteiger partial charge on any atom is 0.247 e. The fourth-order valence-electron chi connectivity index (χ4n) is 2.51. The topological polar surface area (TPSA) is 121 Å². The Morgan fingerprint density at radius 1 is 1.10 bits per heavy atom. The van der Waals surface area contributed by atoms with E-state index in [1.165, 1.54) is 17.6 Å². The first kappa shape index (κ1) is 22.0. The Bertz CT molecular complexity index is 1010. The Morgan fingerprint density at radius 2 is 1.90 bits per heavy atom. The van der Waals surface area contributed by atoms with Crippen LogP contribution >= 0.6 is 11.3 Å². The third kappa shape index (κ3) is 7.27. The van der Waals surface area contributed by atoms with Crippen molar-refractivity contribution in [2.45, 2.75) is 13.3 Å². The zero-order valence-electron chi connectivity index (χ0n) is 17.0. The monoisotopic (exact) mass is 441 g/mol. The van der Waals surface area contributed by atoms with Crippen molar-refractivity contribution in [2.75, 3.05) is 25.6 Å². The van der Waals surface area contributed by atoms with Gasteiger partial charge < -0.3 is 19.9 Å². The van der Waals surface area contributed by atoms with Gasteiger partial charge in [-0.25, -0.2) is 5.43 Å². The number of hydrazone groups is 1. The summed E-state index contributed by atoms with van der Waals surface area (Å²) >= 11 is 1.17. The van der Waals surface area contributed by atoms with E-state index in [9.17, 15) is 4.79 Å². The van der Waals surface area contributed by atoms with Crippen molar-refractivity contribution >= 4 is 28.6 Å². The van der Waals surface area contributed by atoms with Gasteiger partial charge in [-0.1, -0.05) is 29.5 Å². The van der Waals surface area contributed by atoms with Crippen molar-refractivity contribution in [1.29, 1.82) is 0 Å². The molecule has 1 heterocycles. The Hall–Kier alpha value is -3.66. The number of benzene rings is 2. The van der Waals surface area contributed by atoms with Crippen LogP contribution in [0.3, 0.4) is 0 Å². The summed E-state index contributed by atoms with van der Waals surface area (Å²) in [6.45, 7) is 3.16. The van der Waals surface area contributed by atoms with Gasteiger partial charge in [0.25, 0.3) is 0 Å². The number of hydrogen-bond donors (Lipinski definition) is 2. The summed E-state index contributed by atoms with van der Waals surface area (Å²) in [5, 5.41) is 12.3. The molecule has 162 valence electrons. The van der Waals surface area contributed by atoms with Crippen LogP contribution in [0.25, 0.3) is 0 Å². The van der Waals surface area contributed by atoms with E-state index in [-0.39, 0.29) is 12.3 Å². The number of para-hydroxylation sites is 1. The molecule has 3 aromatic rings. The number of carbonyl (C=O) groups is 1. The molecular weight excluding hydrogens is 418 g/mol. The third-order valence-corrected chi connectivity index (χ3v) is 4.57. The van der Waals surface area contributed by atoms with Crippen LogP contribution in [-0.2, 0) is 11.2 Å². The maximum absolute atomic E-state index is 11.9. The largest absolute Gasteiger partial charge is 0.490 e. The van der Waals surface area contributed by atoms with Crippen molar-refractivity contribution < 1.29 is 19.0 Å². The van der Waals surface area contributed by atoms with Gasteiger partial charge in [0.2, 0.25) is 11.0 Å². The zero-order valence-corrected chi connectivity index (χ0v) is 17.8. The third-order valence-electron chi connectivity index (χ3n) is 3.82. The minimum Gasteiger partial charge on any atom is -0.490 e. The molecule has 0 unspecified atom stereocenters. The number of nitrogens with two attached hydrogens (primary N) is 1. The van der Waals surface area contributed by atoms with Gasteiger partial charge in [0.15, 0.2) is 11.5 Å². The van der Waals surface area contributed by atoms with E-state index in [1.807, 2.05) is 43.3 Å². The van der Waals surface area contributed by atoms with E-state index in [0.29, 0.717) is 41.5 Å². The molecule has 1 amide bonds. The summed E-state index contributed by atoms with van der Waals surface area (Å²) < 4.78 is 17.1. The van der Waals surface area contributed by atoms with Crippen LogP contribution in [0.5, 0.6) is 17.2 Å². The smallest absolute Gasteiger partial charge is 0.247 e. The highest BCUT2D eigenvalue weighted by Gasteiger charge is 2.08. The average Bonchev–Trinajstić information content (AvgIpc) is 3.18. The van der Waals surface area contributed by atoms with Gasteiger partial charge in [-0.15, -0.1) is 10.2 Å². The first-order valence-corrected chi connectivity index (χ1v) is 10.4. The SMILES string of the molecule is CCOc1cc(C=NNC(=O)Cc2nnc(N)s2)ccc1OCCOc1ccccc1. The van der Waals surface area contributed by atoms with Gasteiger partial charge in [0.1, 0.15) is 24.0 Å². The normalized spacial score (nSPS) is 10.7. The molecule has 0 atom stereocenters. The molecular formula is C21H23N5O4S. The van der Waals surface area contributed by atoms with Crippen molar-refractivity contribution in [3.63, 3.8) is 0 Å². The molecule has 0 fully saturated rings. The first-order valence-electron chi connectivity index (χ1n) is 9.61. The molecule has 0 radical (unpaired) electrons. The molecule has 0 spiro atoms. The van der Waals surface area contributed by atoms with Crippen LogP contribution < -0.4 is 25.4 Å². The van der Waals surface area contributed by atoms with Crippen LogP contribution in [-0.4, -0.2) is 42.1 Å². The second-order valence-electron chi connectivity index (χ2n) is 6.15. The molecule has 3 N–H and O–H groups in total. The number of rotatable bonds is 11. The summed E-state index contributed by atoms with van der Waals surface area (Å²) in [6.07, 6.45) is 1.59. The minimum absolute atomic E-state index is 0.0637. The molecule has 10 heteroatoms. The quantitative estimate of drug-likeness (QED) is 0.267. The van der Waals surface area contributed by atoms with E-state index < -0.39 is 0 Å². The van der Waals surface area contributed by atoms with Crippen LogP contribution in [0.4, 0.5) is 5.13 Å². The van der Waals surface area contributed by atoms with Crippen molar-refractivity contribution in [2.24, 2.45) is 5.10 Å². The Balaban J connectivity index is 1.51. The van der Waals surface area contributed by atoms with E-state index in [4.69, 9.17) is 19.9 Å². The lowest BCUT2D eigenvalue weighted by atomic mass is 10.2. The number of nitrogen functional groups attached to an aromatic ring is 1. The average molecular weight is 442 g/mol. The molecule has 31 heavy (non-hydrogen) atoms. The minimum atomic E-state index is -0.309. The standard InChI is InChI=1S/C21H23N5O4S/c1-2-28-18-12-15(14-23-24-19(27)13-20-25-26-21(22)31-20)8-9-17(18)30-11-10-29-16-6-4-3-5-7-16/h3-9,12,14H,2,10-11,13H2,1H3,(H2,22,26)(H,24,27). The molecule has 2 aromatic carbocycles. The van der Waals surface area contributed by atoms with Gasteiger partial charge in [0.05, 0.1) is 19.2 Å². The number of nitrogens with zero attached hydrogens (tertiary/aromatic N) is 3. The van der Waals surface area contributed by atoms with Crippen LogP contribution in [0, 0.1) is 0 Å². The predicted molar refractivity (Wildman–Crippen MR) is 119 cm³/mol. The van der Waals surface area contributed by atoms with Crippen molar-refractivity contribution in [3.05, 3.63) is 59.1 Å². The molecule has 3 rings (SSSR count). The van der Waals surface area contributed by atoms with Crippen molar-refractivity contribution in [3.8, 4) is 17.2 Å². The molecule has 0 aliphatic rings. The summed E-state index contributed by atoms with van der Waals surface area (Å²) in [7, 11) is 0. The lowest BCUT2D eigenvalue weighted by Crippen LogP contribution is -2.19. The first-order chi connectivity index (χ1) is 15.1. The predicted octanol–water partition coefficient (Wildman–Crippen LogP) is 2.67. The highest BCUT2D eigenvalue weighted by molar-refractivity contribution is 7.15. The maximum atomic E-state index is 11.9. The Labute approximate surface area is 183 Å². The molecule has 0 bridgehead atoms. The number of aromatic nitrogens is 2. The van der Waals surface area contributed by atoms with Gasteiger partial charge in [-0.05, 0) is 42.8 Å². The van der Waals surface area contributed by atoms with E-state index in [2.05, 4.69) is 20.7 Å². The highest BCUT2D eigenvalue weighted by atomic mass is 32.1. The second kappa shape index (κ2) is 11.5. The summed E-state index contributed by atoms with van der Waals surface area (Å²) in [4.78, 5) is 11.9. The molecule has 1 aromatic heterocycles. The summed E-state index contributed by atoms with van der Waals surface area (Å²) in [5.41, 5.74) is 8.70. The number of hydrogen-bond acceptors (Lipinski definition) is 9. The van der Waals surface area contributed by atoms with Crippen molar-refractivity contribution in [1.82, 2.24) is 15.6 Å². The fourth-order valence-corrected chi connectivity index (χ4v) is 3.12. The van der Waals surface area contributed by atoms with Gasteiger partial charge in [-0.3, -0.25) is 4.79 Å². The van der Waals surface area contributed by atoms with Gasteiger partial charge >= 0.3 is 0 Å². The van der Waals surface area contributed by atoms with Crippen LogP contribution in [0.2, 0.25) is 0 Å². The Morgan fingerprint density at radius 3 is 2.65 bits per heavy atom. The number of nitrogens with one attached hydrogen (secondary N) is 1. The lowest BCUT2D eigenvalue weighted by molar-refractivity contribution is -0.120. The molecule has 0 aliphatic heterocycles. The highest BCUT2D eigenvalue weighted by Crippen LogP contribution is 2.28. The Kier molecular flexibility index (Phi) is 8.18. The van der Waals surface area contributed by atoms with Gasteiger partial charge in [-0.2, -0.15) is 5.10 Å². The number of ether oxygens (including phenoxy) is 3. The van der Waals surface area contributed by atoms with Gasteiger partial charge in [0, 0.05) is 0 Å². The van der Waals surface area contributed by atoms with Crippen LogP contribution in [0.1, 0.15) is 17.5 Å². The fraction of sp³-hybridized carbons (Fsp3) is 0.238.